The van der Waals surface area contributed by atoms with Crippen molar-refractivity contribution in [1.29, 1.82) is 0 Å². The van der Waals surface area contributed by atoms with E-state index < -0.39 is 23.8 Å². The molecular weight excluding hydrogens is 546 g/mol. The van der Waals surface area contributed by atoms with Crippen molar-refractivity contribution in [2.24, 2.45) is 7.05 Å². The van der Waals surface area contributed by atoms with Crippen molar-refractivity contribution in [2.45, 2.75) is 71.6 Å². The van der Waals surface area contributed by atoms with Gasteiger partial charge in [-0.3, -0.25) is 4.90 Å². The number of aromatic nitrogens is 1. The predicted molar refractivity (Wildman–Crippen MR) is 163 cm³/mol. The highest BCUT2D eigenvalue weighted by atomic mass is 16.6. The number of hydrogen-bond donors (Lipinski definition) is 1. The van der Waals surface area contributed by atoms with Gasteiger partial charge in [-0.1, -0.05) is 48.5 Å². The maximum Gasteiger partial charge on any atom is 0.410 e. The molecule has 2 aliphatic rings. The number of piperidine rings is 1. The number of carboxylic acid groups (broad SMARTS) is 1. The number of fused-ring (bicyclic) bond motifs is 3. The van der Waals surface area contributed by atoms with Gasteiger partial charge in [0.1, 0.15) is 12.2 Å². The number of benzene rings is 2. The zero-order valence-electron chi connectivity index (χ0n) is 25.8. The van der Waals surface area contributed by atoms with E-state index in [0.717, 1.165) is 27.9 Å². The lowest BCUT2D eigenvalue weighted by Gasteiger charge is -2.39. The summed E-state index contributed by atoms with van der Waals surface area (Å²) in [5.74, 6) is -1.15. The van der Waals surface area contributed by atoms with Crippen molar-refractivity contribution >= 4 is 18.2 Å². The summed E-state index contributed by atoms with van der Waals surface area (Å²) in [7, 11) is 1.82. The van der Waals surface area contributed by atoms with Crippen LogP contribution in [0.3, 0.4) is 0 Å². The highest BCUT2D eigenvalue weighted by molar-refractivity contribution is 5.91. The molecule has 1 N–H and O–H groups in total. The molecule has 1 atom stereocenters. The van der Waals surface area contributed by atoms with Gasteiger partial charge in [-0.2, -0.15) is 0 Å². The van der Waals surface area contributed by atoms with E-state index >= 15 is 0 Å². The van der Waals surface area contributed by atoms with E-state index in [0.29, 0.717) is 30.6 Å². The first-order valence-electron chi connectivity index (χ1n) is 14.8. The Morgan fingerprint density at radius 1 is 0.977 bits per heavy atom. The standard InChI is InChI=1S/C34H41N3O6/c1-21-28(30(31(38)39)22(2)35(21)6)19-37(23-12-11-17-36(18-23)32(40)43-34(3,4)5)33(41)42-20-29-26-15-9-7-13-24(26)25-14-8-10-16-27(25)29/h7-10,13-16,23,29H,11-12,17-20H2,1-6H3,(H,38,39). The average molecular weight is 588 g/mol. The first-order chi connectivity index (χ1) is 20.4. The molecule has 9 nitrogen and oxygen atoms in total. The minimum Gasteiger partial charge on any atom is -0.478 e. The first kappa shape index (κ1) is 30.2. The van der Waals surface area contributed by atoms with Crippen LogP contribution >= 0.6 is 0 Å². The summed E-state index contributed by atoms with van der Waals surface area (Å²) >= 11 is 0. The number of carbonyl (C=O) groups is 3. The second-order valence-electron chi connectivity index (χ2n) is 12.5. The lowest BCUT2D eigenvalue weighted by Crippen LogP contribution is -2.52. The average Bonchev–Trinajstić information content (AvgIpc) is 3.40. The Morgan fingerprint density at radius 2 is 1.58 bits per heavy atom. The quantitative estimate of drug-likeness (QED) is 0.354. The SMILES string of the molecule is Cc1c(CN(C(=O)OCC2c3ccccc3-c3ccccc32)C2CCCN(C(=O)OC(C)(C)C)C2)c(C(=O)O)c(C)n1C. The van der Waals surface area contributed by atoms with Crippen molar-refractivity contribution < 1.29 is 29.0 Å². The topological polar surface area (TPSA) is 101 Å². The molecule has 1 saturated heterocycles. The summed E-state index contributed by atoms with van der Waals surface area (Å²) in [6, 6.07) is 15.9. The summed E-state index contributed by atoms with van der Waals surface area (Å²) in [6.45, 7) is 10.1. The molecule has 1 aliphatic carbocycles. The van der Waals surface area contributed by atoms with E-state index in [9.17, 15) is 19.5 Å². The van der Waals surface area contributed by atoms with Crippen LogP contribution in [0, 0.1) is 13.8 Å². The lowest BCUT2D eigenvalue weighted by molar-refractivity contribution is 0.00795. The van der Waals surface area contributed by atoms with Gasteiger partial charge in [0.15, 0.2) is 0 Å². The highest BCUT2D eigenvalue weighted by Gasteiger charge is 2.36. The lowest BCUT2D eigenvalue weighted by atomic mass is 9.98. The van der Waals surface area contributed by atoms with Crippen molar-refractivity contribution in [2.75, 3.05) is 19.7 Å². The number of nitrogens with zero attached hydrogens (tertiary/aromatic N) is 3. The molecule has 0 saturated carbocycles. The molecule has 1 aromatic heterocycles. The fraction of sp³-hybridized carbons (Fsp3) is 0.441. The van der Waals surface area contributed by atoms with Crippen LogP contribution in [0.5, 0.6) is 0 Å². The van der Waals surface area contributed by atoms with Crippen molar-refractivity contribution in [1.82, 2.24) is 14.4 Å². The molecule has 1 fully saturated rings. The van der Waals surface area contributed by atoms with Gasteiger partial charge in [-0.25, -0.2) is 14.4 Å². The number of hydrogen-bond acceptors (Lipinski definition) is 5. The normalized spacial score (nSPS) is 16.4. The number of amides is 2. The molecule has 0 spiro atoms. The zero-order valence-corrected chi connectivity index (χ0v) is 25.8. The minimum absolute atomic E-state index is 0.0542. The molecule has 9 heteroatoms. The Balaban J connectivity index is 1.44. The second-order valence-corrected chi connectivity index (χ2v) is 12.5. The smallest absolute Gasteiger partial charge is 0.410 e. The van der Waals surface area contributed by atoms with Crippen LogP contribution in [-0.4, -0.2) is 69.0 Å². The summed E-state index contributed by atoms with van der Waals surface area (Å²) in [4.78, 5) is 42.6. The van der Waals surface area contributed by atoms with E-state index in [-0.39, 0.29) is 37.2 Å². The van der Waals surface area contributed by atoms with Gasteiger partial charge in [0, 0.05) is 43.0 Å². The number of ether oxygens (including phenoxy) is 2. The molecule has 2 aromatic carbocycles. The third-order valence-electron chi connectivity index (χ3n) is 8.71. The maximum atomic E-state index is 14.0. The number of aromatic carboxylic acids is 1. The monoisotopic (exact) mass is 587 g/mol. The molecule has 228 valence electrons. The van der Waals surface area contributed by atoms with Crippen LogP contribution in [0.4, 0.5) is 9.59 Å². The number of carboxylic acids is 1. The predicted octanol–water partition coefficient (Wildman–Crippen LogP) is 6.49. The van der Waals surface area contributed by atoms with Gasteiger partial charge in [0.2, 0.25) is 0 Å². The van der Waals surface area contributed by atoms with Crippen LogP contribution in [-0.2, 0) is 23.1 Å². The third kappa shape index (κ3) is 5.98. The first-order valence-corrected chi connectivity index (χ1v) is 14.8. The van der Waals surface area contributed by atoms with Gasteiger partial charge < -0.3 is 24.0 Å². The zero-order chi connectivity index (χ0) is 31.1. The third-order valence-corrected chi connectivity index (χ3v) is 8.71. The van der Waals surface area contributed by atoms with Gasteiger partial charge in [0.05, 0.1) is 18.2 Å². The van der Waals surface area contributed by atoms with Crippen molar-refractivity contribution in [3.63, 3.8) is 0 Å². The fourth-order valence-corrected chi connectivity index (χ4v) is 6.39. The van der Waals surface area contributed by atoms with E-state index in [1.54, 1.807) is 16.7 Å². The van der Waals surface area contributed by atoms with E-state index in [2.05, 4.69) is 24.3 Å². The van der Waals surface area contributed by atoms with E-state index in [1.807, 2.05) is 63.6 Å². The Morgan fingerprint density at radius 3 is 2.16 bits per heavy atom. The number of carbonyl (C=O) groups excluding carboxylic acids is 2. The molecular formula is C34H41N3O6. The van der Waals surface area contributed by atoms with Crippen LogP contribution in [0.2, 0.25) is 0 Å². The van der Waals surface area contributed by atoms with Crippen LogP contribution in [0.25, 0.3) is 11.1 Å². The molecule has 1 aliphatic heterocycles. The molecule has 0 bridgehead atoms. The Hall–Kier alpha value is -4.27. The Labute approximate surface area is 253 Å². The van der Waals surface area contributed by atoms with Gasteiger partial charge in [-0.05, 0) is 69.7 Å². The largest absolute Gasteiger partial charge is 0.478 e. The molecule has 3 aromatic rings. The highest BCUT2D eigenvalue weighted by Crippen LogP contribution is 2.44. The van der Waals surface area contributed by atoms with Gasteiger partial charge in [0.25, 0.3) is 0 Å². The molecule has 2 heterocycles. The Kier molecular flexibility index (Phi) is 8.27. The fourth-order valence-electron chi connectivity index (χ4n) is 6.39. The number of likely N-dealkylation sites (tertiary alicyclic amines) is 1. The van der Waals surface area contributed by atoms with Crippen LogP contribution in [0.15, 0.2) is 48.5 Å². The minimum atomic E-state index is -1.04. The molecule has 0 radical (unpaired) electrons. The van der Waals surface area contributed by atoms with Crippen LogP contribution < -0.4 is 0 Å². The Bertz CT molecular complexity index is 1510. The van der Waals surface area contributed by atoms with Crippen LogP contribution in [0.1, 0.15) is 78.0 Å². The number of rotatable bonds is 6. The summed E-state index contributed by atoms with van der Waals surface area (Å²) in [5.41, 5.74) is 5.99. The van der Waals surface area contributed by atoms with Crippen molar-refractivity contribution in [3.8, 4) is 11.1 Å². The second kappa shape index (κ2) is 11.8. The van der Waals surface area contributed by atoms with Crippen molar-refractivity contribution in [3.05, 3.63) is 82.2 Å². The maximum absolute atomic E-state index is 14.0. The molecule has 5 rings (SSSR count). The van der Waals surface area contributed by atoms with E-state index in [4.69, 9.17) is 9.47 Å². The summed E-state index contributed by atoms with van der Waals surface area (Å²) in [5, 5.41) is 10.1. The summed E-state index contributed by atoms with van der Waals surface area (Å²) < 4.78 is 13.5. The molecule has 43 heavy (non-hydrogen) atoms. The van der Waals surface area contributed by atoms with Gasteiger partial charge >= 0.3 is 18.2 Å². The summed E-state index contributed by atoms with van der Waals surface area (Å²) in [6.07, 6.45) is 0.365. The molecule has 2 amide bonds. The van der Waals surface area contributed by atoms with Gasteiger partial charge in [-0.15, -0.1) is 0 Å². The van der Waals surface area contributed by atoms with E-state index in [1.165, 1.54) is 0 Å². The molecule has 1 unspecified atom stereocenters.